The Bertz CT molecular complexity index is 785. The third kappa shape index (κ3) is 2.90. The molecular formula is C17H19N3O3. The summed E-state index contributed by atoms with van der Waals surface area (Å²) < 4.78 is 6.24. The smallest absolute Gasteiger partial charge is 0.278 e. The van der Waals surface area contributed by atoms with Gasteiger partial charge < -0.3 is 9.64 Å². The van der Waals surface area contributed by atoms with Gasteiger partial charge in [0.25, 0.3) is 11.5 Å². The van der Waals surface area contributed by atoms with Crippen LogP contribution in [-0.4, -0.2) is 35.4 Å². The molecule has 0 bridgehead atoms. The monoisotopic (exact) mass is 313 g/mol. The number of benzene rings is 1. The maximum Gasteiger partial charge on any atom is 0.278 e. The van der Waals surface area contributed by atoms with Gasteiger partial charge in [-0.05, 0) is 31.0 Å². The van der Waals surface area contributed by atoms with Gasteiger partial charge in [-0.2, -0.15) is 5.10 Å². The molecule has 1 amide bonds. The van der Waals surface area contributed by atoms with Gasteiger partial charge in [0.1, 0.15) is 5.69 Å². The highest BCUT2D eigenvalue weighted by Crippen LogP contribution is 2.32. The number of carbonyl (C=O) groups excluding carboxylic acids is 1. The normalized spacial score (nSPS) is 16.4. The number of methoxy groups -OCH3 is 1. The minimum Gasteiger partial charge on any atom is -0.383 e. The van der Waals surface area contributed by atoms with E-state index in [0.717, 1.165) is 17.7 Å². The van der Waals surface area contributed by atoms with Crippen molar-refractivity contribution in [3.63, 3.8) is 0 Å². The van der Waals surface area contributed by atoms with Crippen molar-refractivity contribution in [3.8, 4) is 0 Å². The summed E-state index contributed by atoms with van der Waals surface area (Å²) in [5.41, 5.74) is 2.10. The lowest BCUT2D eigenvalue weighted by Crippen LogP contribution is -2.37. The Hall–Kier alpha value is -2.47. The van der Waals surface area contributed by atoms with Crippen LogP contribution in [0.15, 0.2) is 41.2 Å². The molecule has 0 aliphatic carbocycles. The van der Waals surface area contributed by atoms with Gasteiger partial charge in [0.15, 0.2) is 0 Å². The lowest BCUT2D eigenvalue weighted by molar-refractivity contribution is 0.0973. The molecule has 1 aliphatic heterocycles. The first-order valence-electron chi connectivity index (χ1n) is 7.60. The van der Waals surface area contributed by atoms with Crippen molar-refractivity contribution in [2.45, 2.75) is 25.9 Å². The Kier molecular flexibility index (Phi) is 4.25. The number of ether oxygens (including phenoxy) is 1. The number of anilines is 1. The average molecular weight is 313 g/mol. The number of hydrogen-bond donors (Lipinski definition) is 0. The van der Waals surface area contributed by atoms with Crippen molar-refractivity contribution < 1.29 is 9.53 Å². The molecule has 1 aromatic heterocycles. The number of amides is 1. The van der Waals surface area contributed by atoms with Crippen LogP contribution in [-0.2, 0) is 17.7 Å². The van der Waals surface area contributed by atoms with Crippen LogP contribution in [0.1, 0.15) is 23.0 Å². The summed E-state index contributed by atoms with van der Waals surface area (Å²) in [5.74, 6) is -0.186. The van der Waals surface area contributed by atoms with E-state index in [0.29, 0.717) is 13.2 Å². The quantitative estimate of drug-likeness (QED) is 0.857. The Labute approximate surface area is 134 Å². The van der Waals surface area contributed by atoms with E-state index in [4.69, 9.17) is 4.74 Å². The summed E-state index contributed by atoms with van der Waals surface area (Å²) >= 11 is 0. The van der Waals surface area contributed by atoms with Gasteiger partial charge in [-0.25, -0.2) is 4.68 Å². The van der Waals surface area contributed by atoms with E-state index < -0.39 is 0 Å². The molecule has 1 aliphatic rings. The van der Waals surface area contributed by atoms with Crippen LogP contribution in [0.25, 0.3) is 0 Å². The first kappa shape index (κ1) is 15.4. The maximum atomic E-state index is 12.9. The number of para-hydroxylation sites is 1. The summed E-state index contributed by atoms with van der Waals surface area (Å²) in [5, 5.41) is 4.19. The fourth-order valence-corrected chi connectivity index (χ4v) is 2.90. The molecule has 1 aromatic carbocycles. The summed E-state index contributed by atoms with van der Waals surface area (Å²) in [7, 11) is 1.56. The highest BCUT2D eigenvalue weighted by atomic mass is 16.5. The van der Waals surface area contributed by atoms with Crippen LogP contribution in [0.4, 0.5) is 5.69 Å². The minimum absolute atomic E-state index is 0.0704. The Morgan fingerprint density at radius 1 is 1.30 bits per heavy atom. The maximum absolute atomic E-state index is 12.9. The molecule has 6 heteroatoms. The zero-order chi connectivity index (χ0) is 16.4. The van der Waals surface area contributed by atoms with Gasteiger partial charge in [0, 0.05) is 24.9 Å². The lowest BCUT2D eigenvalue weighted by Gasteiger charge is -2.22. The van der Waals surface area contributed by atoms with E-state index in [1.807, 2.05) is 31.2 Å². The molecule has 0 N–H and O–H groups in total. The summed E-state index contributed by atoms with van der Waals surface area (Å²) in [6, 6.07) is 10.8. The van der Waals surface area contributed by atoms with Crippen molar-refractivity contribution in [2.75, 3.05) is 18.6 Å². The average Bonchev–Trinajstić information content (AvgIpc) is 2.89. The van der Waals surface area contributed by atoms with Crippen molar-refractivity contribution in [1.82, 2.24) is 9.78 Å². The second-order valence-electron chi connectivity index (χ2n) is 5.63. The molecule has 1 unspecified atom stereocenters. The van der Waals surface area contributed by atoms with Gasteiger partial charge >= 0.3 is 0 Å². The zero-order valence-electron chi connectivity index (χ0n) is 13.2. The van der Waals surface area contributed by atoms with Gasteiger partial charge in [-0.15, -0.1) is 0 Å². The van der Waals surface area contributed by atoms with Gasteiger partial charge in [0.05, 0.1) is 13.2 Å². The van der Waals surface area contributed by atoms with E-state index in [2.05, 4.69) is 5.10 Å². The van der Waals surface area contributed by atoms with Crippen molar-refractivity contribution in [2.24, 2.45) is 0 Å². The van der Waals surface area contributed by atoms with Crippen LogP contribution >= 0.6 is 0 Å². The molecule has 0 saturated carbocycles. The second kappa shape index (κ2) is 6.34. The molecule has 3 rings (SSSR count). The molecule has 2 heterocycles. The number of rotatable bonds is 4. The molecule has 0 radical (unpaired) electrons. The Morgan fingerprint density at radius 3 is 2.87 bits per heavy atom. The number of aromatic nitrogens is 2. The number of nitrogens with zero attached hydrogens (tertiary/aromatic N) is 3. The lowest BCUT2D eigenvalue weighted by atomic mass is 10.1. The Balaban J connectivity index is 1.93. The standard InChI is InChI=1S/C17H19N3O3/c1-12-11-13-5-3-4-6-15(13)20(12)17(22)14-7-8-16(21)19(18-14)9-10-23-2/h3-8,12H,9-11H2,1-2H3. The van der Waals surface area contributed by atoms with Crippen molar-refractivity contribution >= 4 is 11.6 Å². The second-order valence-corrected chi connectivity index (χ2v) is 5.63. The SMILES string of the molecule is COCCn1nc(C(=O)N2c3ccccc3CC2C)ccc1=O. The fourth-order valence-electron chi connectivity index (χ4n) is 2.90. The molecule has 0 saturated heterocycles. The summed E-state index contributed by atoms with van der Waals surface area (Å²) in [6.07, 6.45) is 0.825. The third-order valence-corrected chi connectivity index (χ3v) is 4.02. The highest BCUT2D eigenvalue weighted by molar-refractivity contribution is 6.06. The van der Waals surface area contributed by atoms with Gasteiger partial charge in [0.2, 0.25) is 0 Å². The van der Waals surface area contributed by atoms with Crippen LogP contribution < -0.4 is 10.5 Å². The number of fused-ring (bicyclic) bond motifs is 1. The van der Waals surface area contributed by atoms with Gasteiger partial charge in [-0.1, -0.05) is 18.2 Å². The van der Waals surface area contributed by atoms with E-state index in [-0.39, 0.29) is 23.2 Å². The molecule has 2 aromatic rings. The van der Waals surface area contributed by atoms with E-state index in [1.54, 1.807) is 12.0 Å². The molecule has 120 valence electrons. The summed E-state index contributed by atoms with van der Waals surface area (Å²) in [6.45, 7) is 2.70. The van der Waals surface area contributed by atoms with E-state index in [9.17, 15) is 9.59 Å². The first-order chi connectivity index (χ1) is 11.1. The first-order valence-corrected chi connectivity index (χ1v) is 7.60. The largest absolute Gasteiger partial charge is 0.383 e. The molecule has 0 fully saturated rings. The molecule has 0 spiro atoms. The topological polar surface area (TPSA) is 64.4 Å². The van der Waals surface area contributed by atoms with Crippen LogP contribution in [0.3, 0.4) is 0 Å². The molecule has 6 nitrogen and oxygen atoms in total. The molecular weight excluding hydrogens is 294 g/mol. The minimum atomic E-state index is -0.242. The summed E-state index contributed by atoms with van der Waals surface area (Å²) in [4.78, 5) is 26.4. The zero-order valence-corrected chi connectivity index (χ0v) is 13.2. The van der Waals surface area contributed by atoms with Crippen molar-refractivity contribution in [3.05, 3.63) is 58.0 Å². The van der Waals surface area contributed by atoms with Crippen molar-refractivity contribution in [1.29, 1.82) is 0 Å². The van der Waals surface area contributed by atoms with Gasteiger partial charge in [-0.3, -0.25) is 9.59 Å². The van der Waals surface area contributed by atoms with E-state index in [1.165, 1.54) is 16.8 Å². The number of hydrogen-bond acceptors (Lipinski definition) is 4. The predicted octanol–water partition coefficient (Wildman–Crippen LogP) is 1.48. The van der Waals surface area contributed by atoms with Crippen LogP contribution in [0.2, 0.25) is 0 Å². The van der Waals surface area contributed by atoms with Crippen LogP contribution in [0, 0.1) is 0 Å². The Morgan fingerprint density at radius 2 is 2.09 bits per heavy atom. The third-order valence-electron chi connectivity index (χ3n) is 4.02. The fraction of sp³-hybridized carbons (Fsp3) is 0.353. The predicted molar refractivity (Wildman–Crippen MR) is 86.8 cm³/mol. The molecule has 1 atom stereocenters. The number of carbonyl (C=O) groups is 1. The molecule has 23 heavy (non-hydrogen) atoms. The highest BCUT2D eigenvalue weighted by Gasteiger charge is 2.32. The van der Waals surface area contributed by atoms with E-state index >= 15 is 0 Å². The van der Waals surface area contributed by atoms with Crippen LogP contribution in [0.5, 0.6) is 0 Å².